The quantitative estimate of drug-likeness (QED) is 0.242. The number of carbonyl (C=O) groups excluding carboxylic acids is 3. The predicted octanol–water partition coefficient (Wildman–Crippen LogP) is 6.51. The Bertz CT molecular complexity index is 1330. The molecule has 178 valence electrons. The van der Waals surface area contributed by atoms with Crippen molar-refractivity contribution in [3.63, 3.8) is 0 Å². The fraction of sp³-hybridized carbons (Fsp3) is 0.115. The molecule has 35 heavy (non-hydrogen) atoms. The number of nitrogens with one attached hydrogen (secondary N) is 1. The van der Waals surface area contributed by atoms with E-state index in [-0.39, 0.29) is 30.2 Å². The number of rotatable bonds is 7. The molecule has 1 heterocycles. The maximum atomic E-state index is 12.8. The van der Waals surface area contributed by atoms with Gasteiger partial charge >= 0.3 is 0 Å². The molecule has 0 aromatic heterocycles. The van der Waals surface area contributed by atoms with Gasteiger partial charge in [0.25, 0.3) is 17.1 Å². The Morgan fingerprint density at radius 2 is 1.89 bits per heavy atom. The molecule has 0 aliphatic carbocycles. The minimum atomic E-state index is -0.345. The van der Waals surface area contributed by atoms with Gasteiger partial charge in [-0.15, -0.1) is 0 Å². The Morgan fingerprint density at radius 3 is 2.60 bits per heavy atom. The number of hydrogen-bond donors (Lipinski definition) is 1. The minimum Gasteiger partial charge on any atom is -0.482 e. The van der Waals surface area contributed by atoms with Crippen LogP contribution in [-0.4, -0.2) is 28.6 Å². The molecule has 0 saturated carbocycles. The summed E-state index contributed by atoms with van der Waals surface area (Å²) in [5.74, 6) is -0.310. The van der Waals surface area contributed by atoms with E-state index in [1.807, 2.05) is 49.4 Å². The molecule has 0 bridgehead atoms. The third-order valence-corrected chi connectivity index (χ3v) is 6.96. The summed E-state index contributed by atoms with van der Waals surface area (Å²) >= 11 is 9.44. The van der Waals surface area contributed by atoms with Crippen LogP contribution >= 0.6 is 46.0 Å². The van der Waals surface area contributed by atoms with E-state index in [1.54, 1.807) is 30.3 Å². The van der Waals surface area contributed by atoms with Crippen molar-refractivity contribution in [1.29, 1.82) is 0 Å². The van der Waals surface area contributed by atoms with Gasteiger partial charge in [-0.1, -0.05) is 41.9 Å². The lowest BCUT2D eigenvalue weighted by Gasteiger charge is -2.12. The van der Waals surface area contributed by atoms with Crippen molar-refractivity contribution in [2.24, 2.45) is 0 Å². The van der Waals surface area contributed by atoms with Gasteiger partial charge in [0.1, 0.15) is 5.75 Å². The topological polar surface area (TPSA) is 75.7 Å². The average Bonchev–Trinajstić information content (AvgIpc) is 3.07. The van der Waals surface area contributed by atoms with Gasteiger partial charge < -0.3 is 10.1 Å². The first-order chi connectivity index (χ1) is 16.8. The van der Waals surface area contributed by atoms with Crippen molar-refractivity contribution in [2.75, 3.05) is 11.9 Å². The molecule has 0 atom stereocenters. The summed E-state index contributed by atoms with van der Waals surface area (Å²) in [7, 11) is 0. The van der Waals surface area contributed by atoms with E-state index in [4.69, 9.17) is 16.3 Å². The smallest absolute Gasteiger partial charge is 0.293 e. The summed E-state index contributed by atoms with van der Waals surface area (Å²) < 4.78 is 6.64. The number of anilines is 1. The lowest BCUT2D eigenvalue weighted by Crippen LogP contribution is -2.27. The van der Waals surface area contributed by atoms with Crippen LogP contribution in [0.25, 0.3) is 6.08 Å². The molecule has 0 radical (unpaired) electrons. The van der Waals surface area contributed by atoms with Gasteiger partial charge in [-0.25, -0.2) is 0 Å². The van der Waals surface area contributed by atoms with Crippen LogP contribution in [0.4, 0.5) is 10.5 Å². The molecular formula is C26H20ClIN2O4S. The Labute approximate surface area is 225 Å². The number of benzene rings is 3. The van der Waals surface area contributed by atoms with E-state index in [1.165, 1.54) is 4.90 Å². The highest BCUT2D eigenvalue weighted by Crippen LogP contribution is 2.34. The molecule has 1 fully saturated rings. The first kappa shape index (κ1) is 25.3. The molecule has 1 aliphatic rings. The van der Waals surface area contributed by atoms with Gasteiger partial charge in [-0.05, 0) is 100 Å². The maximum absolute atomic E-state index is 12.8. The van der Waals surface area contributed by atoms with E-state index in [0.29, 0.717) is 26.9 Å². The summed E-state index contributed by atoms with van der Waals surface area (Å²) in [6.07, 6.45) is 1.62. The van der Waals surface area contributed by atoms with E-state index in [0.717, 1.165) is 26.5 Å². The lowest BCUT2D eigenvalue weighted by molar-refractivity contribution is -0.123. The van der Waals surface area contributed by atoms with Crippen LogP contribution in [0, 0.1) is 10.5 Å². The van der Waals surface area contributed by atoms with E-state index < -0.39 is 0 Å². The highest BCUT2D eigenvalue weighted by molar-refractivity contribution is 14.1. The van der Waals surface area contributed by atoms with Gasteiger partial charge in [0, 0.05) is 9.26 Å². The predicted molar refractivity (Wildman–Crippen MR) is 147 cm³/mol. The zero-order chi connectivity index (χ0) is 24.9. The van der Waals surface area contributed by atoms with Gasteiger partial charge in [-0.3, -0.25) is 19.3 Å². The highest BCUT2D eigenvalue weighted by atomic mass is 127. The summed E-state index contributed by atoms with van der Waals surface area (Å²) in [5.41, 5.74) is 3.25. The van der Waals surface area contributed by atoms with Crippen LogP contribution < -0.4 is 10.1 Å². The van der Waals surface area contributed by atoms with Crippen molar-refractivity contribution in [3.8, 4) is 5.75 Å². The summed E-state index contributed by atoms with van der Waals surface area (Å²) in [4.78, 5) is 39.0. The standard InChI is InChI=1S/C26H20ClIN2O4S/c1-16-3-2-4-20(11-16)29-24(31)15-34-22-10-7-18(12-21(22)27)13-23-25(32)30(26(33)35-23)14-17-5-8-19(28)9-6-17/h2-13H,14-15H2,1H3,(H,29,31)/b23-13-. The first-order valence-corrected chi connectivity index (χ1v) is 12.8. The van der Waals surface area contributed by atoms with Crippen LogP contribution in [0.1, 0.15) is 16.7 Å². The zero-order valence-corrected chi connectivity index (χ0v) is 22.3. The van der Waals surface area contributed by atoms with E-state index >= 15 is 0 Å². The Balaban J connectivity index is 1.38. The first-order valence-electron chi connectivity index (χ1n) is 10.6. The van der Waals surface area contributed by atoms with Crippen molar-refractivity contribution < 1.29 is 19.1 Å². The largest absolute Gasteiger partial charge is 0.482 e. The van der Waals surface area contributed by atoms with Crippen molar-refractivity contribution in [2.45, 2.75) is 13.5 Å². The Hall–Kier alpha value is -2.82. The molecule has 1 aliphatic heterocycles. The van der Waals surface area contributed by atoms with Gasteiger partial charge in [0.15, 0.2) is 6.61 Å². The average molecular weight is 619 g/mol. The molecule has 0 spiro atoms. The molecule has 3 amide bonds. The van der Waals surface area contributed by atoms with Crippen LogP contribution in [0.2, 0.25) is 5.02 Å². The fourth-order valence-corrected chi connectivity index (χ4v) is 4.79. The molecule has 3 aromatic carbocycles. The number of ether oxygens (including phenoxy) is 1. The van der Waals surface area contributed by atoms with Crippen LogP contribution in [-0.2, 0) is 16.1 Å². The number of hydrogen-bond acceptors (Lipinski definition) is 5. The summed E-state index contributed by atoms with van der Waals surface area (Å²) in [6, 6.07) is 20.1. The van der Waals surface area contributed by atoms with Crippen LogP contribution in [0.3, 0.4) is 0 Å². The van der Waals surface area contributed by atoms with Gasteiger partial charge in [0.05, 0.1) is 16.5 Å². The van der Waals surface area contributed by atoms with Crippen LogP contribution in [0.5, 0.6) is 5.75 Å². The number of carbonyl (C=O) groups is 3. The maximum Gasteiger partial charge on any atom is 0.293 e. The second kappa shape index (κ2) is 11.3. The highest BCUT2D eigenvalue weighted by Gasteiger charge is 2.35. The number of thioether (sulfide) groups is 1. The third-order valence-electron chi connectivity index (χ3n) is 5.04. The monoisotopic (exact) mass is 618 g/mol. The number of aryl methyl sites for hydroxylation is 1. The molecule has 1 N–H and O–H groups in total. The summed E-state index contributed by atoms with van der Waals surface area (Å²) in [5, 5.41) is 2.75. The van der Waals surface area contributed by atoms with Gasteiger partial charge in [0.2, 0.25) is 0 Å². The molecule has 6 nitrogen and oxygen atoms in total. The zero-order valence-electron chi connectivity index (χ0n) is 18.6. The molecule has 1 saturated heterocycles. The van der Waals surface area contributed by atoms with E-state index in [9.17, 15) is 14.4 Å². The normalized spacial score (nSPS) is 14.5. The molecule has 9 heteroatoms. The number of nitrogens with zero attached hydrogens (tertiary/aromatic N) is 1. The van der Waals surface area contributed by atoms with Crippen molar-refractivity contribution in [1.82, 2.24) is 4.90 Å². The minimum absolute atomic E-state index is 0.204. The Morgan fingerprint density at radius 1 is 1.11 bits per heavy atom. The second-order valence-corrected chi connectivity index (χ2v) is 10.4. The molecule has 3 aromatic rings. The van der Waals surface area contributed by atoms with Crippen molar-refractivity contribution in [3.05, 3.63) is 96.9 Å². The summed E-state index contributed by atoms with van der Waals surface area (Å²) in [6.45, 7) is 1.96. The number of amides is 3. The lowest BCUT2D eigenvalue weighted by atomic mass is 10.2. The van der Waals surface area contributed by atoms with Crippen LogP contribution in [0.15, 0.2) is 71.6 Å². The van der Waals surface area contributed by atoms with Crippen molar-refractivity contribution >= 4 is 74.8 Å². The van der Waals surface area contributed by atoms with E-state index in [2.05, 4.69) is 27.9 Å². The molecule has 4 rings (SSSR count). The molecular weight excluding hydrogens is 599 g/mol. The second-order valence-electron chi connectivity index (χ2n) is 7.79. The van der Waals surface area contributed by atoms with Gasteiger partial charge in [-0.2, -0.15) is 0 Å². The fourth-order valence-electron chi connectivity index (χ4n) is 3.35. The molecule has 0 unspecified atom stereocenters. The SMILES string of the molecule is Cc1cccc(NC(=O)COc2ccc(/C=C3\SC(=O)N(Cc4ccc(I)cc4)C3=O)cc2Cl)c1. The number of imide groups is 1. The third kappa shape index (κ3) is 6.65. The Kier molecular flexibility index (Phi) is 8.15. The number of halogens is 2.